The van der Waals surface area contributed by atoms with Gasteiger partial charge >= 0.3 is 0 Å². The van der Waals surface area contributed by atoms with E-state index in [1.807, 2.05) is 20.8 Å². The standard InChI is InChI=1S/C14H22N2O3/c1-4-19-12-7-5-6-10(15)13(12)14(18)16-11(8-17)9(2)3/h5-7,9,11,17H,4,8,15H2,1-3H3,(H,16,18). The van der Waals surface area contributed by atoms with Crippen LogP contribution in [0.3, 0.4) is 0 Å². The number of anilines is 1. The number of nitrogens with two attached hydrogens (primary N) is 1. The fraction of sp³-hybridized carbons (Fsp3) is 0.500. The molecule has 5 nitrogen and oxygen atoms in total. The molecule has 0 aromatic heterocycles. The summed E-state index contributed by atoms with van der Waals surface area (Å²) in [5.74, 6) is 0.268. The van der Waals surface area contributed by atoms with Crippen LogP contribution in [0, 0.1) is 5.92 Å². The minimum atomic E-state index is -0.325. The number of ether oxygens (including phenoxy) is 1. The molecule has 1 aromatic rings. The third kappa shape index (κ3) is 3.86. The molecule has 0 heterocycles. The number of rotatable bonds is 6. The second kappa shape index (κ2) is 6.99. The number of carbonyl (C=O) groups excluding carboxylic acids is 1. The van der Waals surface area contributed by atoms with Crippen LogP contribution in [0.2, 0.25) is 0 Å². The molecule has 0 saturated heterocycles. The lowest BCUT2D eigenvalue weighted by Gasteiger charge is -2.21. The van der Waals surface area contributed by atoms with E-state index in [-0.39, 0.29) is 24.5 Å². The molecule has 0 aliphatic carbocycles. The minimum Gasteiger partial charge on any atom is -0.493 e. The Balaban J connectivity index is 2.98. The molecule has 1 amide bonds. The normalized spacial score (nSPS) is 12.3. The monoisotopic (exact) mass is 266 g/mol. The van der Waals surface area contributed by atoms with Crippen LogP contribution in [0.1, 0.15) is 31.1 Å². The van der Waals surface area contributed by atoms with Gasteiger partial charge in [-0.25, -0.2) is 0 Å². The average molecular weight is 266 g/mol. The molecular formula is C14H22N2O3. The van der Waals surface area contributed by atoms with Crippen molar-refractivity contribution in [2.75, 3.05) is 18.9 Å². The fourth-order valence-electron chi connectivity index (χ4n) is 1.73. The van der Waals surface area contributed by atoms with Gasteiger partial charge in [0.1, 0.15) is 11.3 Å². The maximum Gasteiger partial charge on any atom is 0.257 e. The number of amides is 1. The molecule has 0 saturated carbocycles. The average Bonchev–Trinajstić information content (AvgIpc) is 2.35. The summed E-state index contributed by atoms with van der Waals surface area (Å²) in [5, 5.41) is 12.0. The molecule has 1 aromatic carbocycles. The van der Waals surface area contributed by atoms with Crippen molar-refractivity contribution in [1.82, 2.24) is 5.32 Å². The summed E-state index contributed by atoms with van der Waals surface area (Å²) in [6.07, 6.45) is 0. The van der Waals surface area contributed by atoms with Crippen molar-refractivity contribution in [1.29, 1.82) is 0 Å². The van der Waals surface area contributed by atoms with Gasteiger partial charge in [-0.05, 0) is 25.0 Å². The summed E-state index contributed by atoms with van der Waals surface area (Å²) < 4.78 is 5.41. The van der Waals surface area contributed by atoms with E-state index in [4.69, 9.17) is 10.5 Å². The predicted molar refractivity (Wildman–Crippen MR) is 75.2 cm³/mol. The summed E-state index contributed by atoms with van der Waals surface area (Å²) in [4.78, 5) is 12.3. The predicted octanol–water partition coefficient (Wildman–Crippen LogP) is 1.41. The SMILES string of the molecule is CCOc1cccc(N)c1C(=O)NC(CO)C(C)C. The Morgan fingerprint density at radius 3 is 2.68 bits per heavy atom. The van der Waals surface area contributed by atoms with E-state index in [0.29, 0.717) is 23.6 Å². The van der Waals surface area contributed by atoms with E-state index in [0.717, 1.165) is 0 Å². The van der Waals surface area contributed by atoms with Crippen LogP contribution in [-0.4, -0.2) is 30.3 Å². The summed E-state index contributed by atoms with van der Waals surface area (Å²) in [6, 6.07) is 4.80. The molecule has 106 valence electrons. The molecule has 0 aliphatic heterocycles. The summed E-state index contributed by atoms with van der Waals surface area (Å²) >= 11 is 0. The maximum atomic E-state index is 12.3. The Morgan fingerprint density at radius 2 is 2.16 bits per heavy atom. The van der Waals surface area contributed by atoms with E-state index < -0.39 is 0 Å². The zero-order valence-electron chi connectivity index (χ0n) is 11.6. The molecule has 0 radical (unpaired) electrons. The molecule has 1 rings (SSSR count). The van der Waals surface area contributed by atoms with Gasteiger partial charge in [0, 0.05) is 5.69 Å². The van der Waals surface area contributed by atoms with Crippen LogP contribution in [0.5, 0.6) is 5.75 Å². The third-order valence-corrected chi connectivity index (χ3v) is 2.90. The van der Waals surface area contributed by atoms with Crippen molar-refractivity contribution in [2.24, 2.45) is 5.92 Å². The highest BCUT2D eigenvalue weighted by molar-refractivity contribution is 6.02. The molecule has 0 bridgehead atoms. The van der Waals surface area contributed by atoms with Crippen molar-refractivity contribution in [2.45, 2.75) is 26.8 Å². The lowest BCUT2D eigenvalue weighted by atomic mass is 10.0. The fourth-order valence-corrected chi connectivity index (χ4v) is 1.73. The van der Waals surface area contributed by atoms with Gasteiger partial charge in [-0.1, -0.05) is 19.9 Å². The lowest BCUT2D eigenvalue weighted by molar-refractivity contribution is 0.0894. The van der Waals surface area contributed by atoms with Gasteiger partial charge in [0.15, 0.2) is 0 Å². The molecule has 0 aliphatic rings. The largest absolute Gasteiger partial charge is 0.493 e. The number of nitrogen functional groups attached to an aromatic ring is 1. The highest BCUT2D eigenvalue weighted by Gasteiger charge is 2.20. The van der Waals surface area contributed by atoms with Crippen LogP contribution < -0.4 is 15.8 Å². The smallest absolute Gasteiger partial charge is 0.257 e. The summed E-state index contributed by atoms with van der Waals surface area (Å²) in [5.41, 5.74) is 6.53. The Labute approximate surface area is 113 Å². The van der Waals surface area contributed by atoms with Crippen LogP contribution in [0.15, 0.2) is 18.2 Å². The number of aliphatic hydroxyl groups is 1. The van der Waals surface area contributed by atoms with Crippen molar-refractivity contribution >= 4 is 11.6 Å². The van der Waals surface area contributed by atoms with Gasteiger partial charge in [0.2, 0.25) is 0 Å². The van der Waals surface area contributed by atoms with Gasteiger partial charge in [0.05, 0.1) is 19.3 Å². The minimum absolute atomic E-state index is 0.111. The van der Waals surface area contributed by atoms with Gasteiger partial charge < -0.3 is 20.9 Å². The van der Waals surface area contributed by atoms with Gasteiger partial charge in [-0.3, -0.25) is 4.79 Å². The molecule has 1 atom stereocenters. The van der Waals surface area contributed by atoms with E-state index in [1.54, 1.807) is 18.2 Å². The second-order valence-electron chi connectivity index (χ2n) is 4.66. The first kappa shape index (κ1) is 15.3. The topological polar surface area (TPSA) is 84.6 Å². The van der Waals surface area contributed by atoms with Gasteiger partial charge in [-0.15, -0.1) is 0 Å². The van der Waals surface area contributed by atoms with Crippen LogP contribution in [0.25, 0.3) is 0 Å². The summed E-state index contributed by atoms with van der Waals surface area (Å²) in [6.45, 7) is 6.05. The van der Waals surface area contributed by atoms with Crippen molar-refractivity contribution in [3.8, 4) is 5.75 Å². The molecule has 4 N–H and O–H groups in total. The van der Waals surface area contributed by atoms with E-state index in [2.05, 4.69) is 5.32 Å². The molecule has 0 spiro atoms. The number of carbonyl (C=O) groups is 1. The quantitative estimate of drug-likeness (QED) is 0.680. The number of hydrogen-bond acceptors (Lipinski definition) is 4. The van der Waals surface area contributed by atoms with E-state index in [9.17, 15) is 9.90 Å². The Hall–Kier alpha value is -1.75. The zero-order valence-corrected chi connectivity index (χ0v) is 11.6. The molecule has 0 fully saturated rings. The summed E-state index contributed by atoms with van der Waals surface area (Å²) in [7, 11) is 0. The van der Waals surface area contributed by atoms with E-state index in [1.165, 1.54) is 0 Å². The molecule has 1 unspecified atom stereocenters. The molecular weight excluding hydrogens is 244 g/mol. The first-order chi connectivity index (χ1) is 9.01. The van der Waals surface area contributed by atoms with Gasteiger partial charge in [-0.2, -0.15) is 0 Å². The van der Waals surface area contributed by atoms with Crippen LogP contribution >= 0.6 is 0 Å². The van der Waals surface area contributed by atoms with Crippen molar-refractivity contribution < 1.29 is 14.6 Å². The van der Waals surface area contributed by atoms with Crippen LogP contribution in [0.4, 0.5) is 5.69 Å². The lowest BCUT2D eigenvalue weighted by Crippen LogP contribution is -2.41. The zero-order chi connectivity index (χ0) is 14.4. The van der Waals surface area contributed by atoms with Crippen molar-refractivity contribution in [3.63, 3.8) is 0 Å². The van der Waals surface area contributed by atoms with Crippen LogP contribution in [-0.2, 0) is 0 Å². The molecule has 19 heavy (non-hydrogen) atoms. The van der Waals surface area contributed by atoms with E-state index >= 15 is 0 Å². The number of hydrogen-bond donors (Lipinski definition) is 3. The maximum absolute atomic E-state index is 12.3. The number of nitrogens with one attached hydrogen (secondary N) is 1. The van der Waals surface area contributed by atoms with Crippen molar-refractivity contribution in [3.05, 3.63) is 23.8 Å². The highest BCUT2D eigenvalue weighted by atomic mass is 16.5. The first-order valence-corrected chi connectivity index (χ1v) is 6.44. The Bertz CT molecular complexity index is 433. The second-order valence-corrected chi connectivity index (χ2v) is 4.66. The number of aliphatic hydroxyl groups excluding tert-OH is 1. The number of benzene rings is 1. The Morgan fingerprint density at radius 1 is 1.47 bits per heavy atom. The third-order valence-electron chi connectivity index (χ3n) is 2.90. The molecule has 5 heteroatoms. The first-order valence-electron chi connectivity index (χ1n) is 6.44. The highest BCUT2D eigenvalue weighted by Crippen LogP contribution is 2.24. The Kier molecular flexibility index (Phi) is 5.63. The van der Waals surface area contributed by atoms with Gasteiger partial charge in [0.25, 0.3) is 5.91 Å².